The van der Waals surface area contributed by atoms with Crippen molar-refractivity contribution in [3.05, 3.63) is 0 Å². The van der Waals surface area contributed by atoms with Gasteiger partial charge in [0.05, 0.1) is 12.0 Å². The van der Waals surface area contributed by atoms with Crippen LogP contribution in [-0.4, -0.2) is 35.6 Å². The van der Waals surface area contributed by atoms with Gasteiger partial charge in [0.25, 0.3) is 0 Å². The van der Waals surface area contributed by atoms with E-state index in [1.165, 1.54) is 7.05 Å². The maximum Gasteiger partial charge on any atom is 0.240 e. The summed E-state index contributed by atoms with van der Waals surface area (Å²) < 4.78 is 0. The van der Waals surface area contributed by atoms with E-state index in [0.29, 0.717) is 6.42 Å². The molecule has 1 aliphatic heterocycles. The number of nitrogens with two attached hydrogens (primary N) is 1. The predicted molar refractivity (Wildman–Crippen MR) is 51.5 cm³/mol. The molecular weight excluding hydrogens is 196 g/mol. The summed E-state index contributed by atoms with van der Waals surface area (Å²) in [7, 11) is 1.42. The van der Waals surface area contributed by atoms with Gasteiger partial charge in [-0.2, -0.15) is 0 Å². The lowest BCUT2D eigenvalue weighted by Crippen LogP contribution is -2.49. The van der Waals surface area contributed by atoms with Gasteiger partial charge in [0.2, 0.25) is 11.8 Å². The van der Waals surface area contributed by atoms with Crippen molar-refractivity contribution in [1.29, 1.82) is 0 Å². The number of hydrogen-bond acceptors (Lipinski definition) is 4. The molecule has 82 valence electrons. The monoisotopic (exact) mass is 210 g/mol. The van der Waals surface area contributed by atoms with Crippen molar-refractivity contribution in [2.75, 3.05) is 7.05 Å². The minimum Gasteiger partial charge on any atom is -0.321 e. The molecule has 0 aromatic rings. The van der Waals surface area contributed by atoms with Gasteiger partial charge < -0.3 is 5.73 Å². The second kappa shape index (κ2) is 3.13. The van der Waals surface area contributed by atoms with Crippen molar-refractivity contribution in [3.63, 3.8) is 0 Å². The van der Waals surface area contributed by atoms with Crippen LogP contribution in [0.2, 0.25) is 0 Å². The van der Waals surface area contributed by atoms with E-state index in [1.807, 2.05) is 6.92 Å². The summed E-state index contributed by atoms with van der Waals surface area (Å²) in [5.41, 5.74) is 5.70. The fourth-order valence-electron chi connectivity index (χ4n) is 2.47. The second-order valence-electron chi connectivity index (χ2n) is 4.46. The van der Waals surface area contributed by atoms with Crippen LogP contribution in [-0.2, 0) is 14.4 Å². The molecule has 2 aliphatic rings. The Morgan fingerprint density at radius 2 is 1.87 bits per heavy atom. The Morgan fingerprint density at radius 1 is 1.27 bits per heavy atom. The number of Topliss-reactive ketones (excluding diaryl/α,β-unsaturated/α-hetero) is 1. The highest BCUT2D eigenvalue weighted by molar-refractivity contribution is 6.16. The highest BCUT2D eigenvalue weighted by Crippen LogP contribution is 2.37. The van der Waals surface area contributed by atoms with Gasteiger partial charge in [0.15, 0.2) is 5.78 Å². The first-order valence-electron chi connectivity index (χ1n) is 5.06. The van der Waals surface area contributed by atoms with Gasteiger partial charge in [0.1, 0.15) is 5.92 Å². The zero-order valence-electron chi connectivity index (χ0n) is 8.77. The Bertz CT molecular complexity index is 353. The van der Waals surface area contributed by atoms with Crippen LogP contribution >= 0.6 is 0 Å². The van der Waals surface area contributed by atoms with E-state index in [-0.39, 0.29) is 17.6 Å². The predicted octanol–water partition coefficient (Wildman–Crippen LogP) is -0.846. The van der Waals surface area contributed by atoms with Crippen molar-refractivity contribution >= 4 is 17.6 Å². The van der Waals surface area contributed by atoms with Gasteiger partial charge in [-0.15, -0.1) is 0 Å². The molecule has 2 rings (SSSR count). The number of fused-ring (bicyclic) bond motifs is 1. The van der Waals surface area contributed by atoms with Gasteiger partial charge in [-0.3, -0.25) is 19.3 Å². The van der Waals surface area contributed by atoms with Crippen LogP contribution in [0.15, 0.2) is 0 Å². The van der Waals surface area contributed by atoms with Crippen molar-refractivity contribution in [2.24, 2.45) is 23.5 Å². The molecule has 1 heterocycles. The highest BCUT2D eigenvalue weighted by Gasteiger charge is 2.54. The van der Waals surface area contributed by atoms with E-state index in [4.69, 9.17) is 5.73 Å². The Kier molecular flexibility index (Phi) is 2.15. The summed E-state index contributed by atoms with van der Waals surface area (Å²) in [5, 5.41) is 0. The molecule has 1 saturated heterocycles. The average Bonchev–Trinajstić information content (AvgIpc) is 2.40. The summed E-state index contributed by atoms with van der Waals surface area (Å²) in [6.45, 7) is 1.84. The standard InChI is InChI=1S/C10H14N2O3/c1-4-3-5-6(8(13)7(4)11)10(15)12(2)9(5)14/h4-7H,3,11H2,1-2H3/t4?,5-,6+,7-/m0/s1. The largest absolute Gasteiger partial charge is 0.321 e. The molecule has 1 saturated carbocycles. The van der Waals surface area contributed by atoms with Gasteiger partial charge in [-0.05, 0) is 12.3 Å². The minimum atomic E-state index is -0.811. The summed E-state index contributed by atoms with van der Waals surface area (Å²) in [4.78, 5) is 36.1. The molecule has 5 heteroatoms. The number of rotatable bonds is 0. The Morgan fingerprint density at radius 3 is 2.47 bits per heavy atom. The maximum absolute atomic E-state index is 11.8. The van der Waals surface area contributed by atoms with E-state index >= 15 is 0 Å². The molecule has 2 N–H and O–H groups in total. The minimum absolute atomic E-state index is 0.0259. The van der Waals surface area contributed by atoms with Crippen LogP contribution in [0, 0.1) is 17.8 Å². The number of hydrogen-bond donors (Lipinski definition) is 1. The normalized spacial score (nSPS) is 41.0. The van der Waals surface area contributed by atoms with Crippen molar-refractivity contribution in [2.45, 2.75) is 19.4 Å². The van der Waals surface area contributed by atoms with Crippen LogP contribution in [0.3, 0.4) is 0 Å². The Labute approximate surface area is 87.6 Å². The maximum atomic E-state index is 11.8. The number of nitrogens with zero attached hydrogens (tertiary/aromatic N) is 1. The average molecular weight is 210 g/mol. The number of carbonyl (C=O) groups is 3. The molecule has 5 nitrogen and oxygen atoms in total. The third-order valence-corrected chi connectivity index (χ3v) is 3.52. The first-order chi connectivity index (χ1) is 6.95. The summed E-state index contributed by atoms with van der Waals surface area (Å²) >= 11 is 0. The third kappa shape index (κ3) is 1.23. The SMILES string of the molecule is CC1C[C@@H]2C(=O)N(C)C(=O)[C@H]2C(=O)[C@H]1N. The van der Waals surface area contributed by atoms with Crippen LogP contribution in [0.25, 0.3) is 0 Å². The zero-order valence-corrected chi connectivity index (χ0v) is 8.77. The number of ketones is 1. The van der Waals surface area contributed by atoms with Crippen molar-refractivity contribution in [3.8, 4) is 0 Å². The van der Waals surface area contributed by atoms with E-state index < -0.39 is 23.8 Å². The topological polar surface area (TPSA) is 80.5 Å². The first-order valence-corrected chi connectivity index (χ1v) is 5.06. The van der Waals surface area contributed by atoms with E-state index in [9.17, 15) is 14.4 Å². The zero-order chi connectivity index (χ0) is 11.3. The van der Waals surface area contributed by atoms with Crippen LogP contribution in [0.1, 0.15) is 13.3 Å². The molecule has 0 spiro atoms. The van der Waals surface area contributed by atoms with Gasteiger partial charge in [-0.1, -0.05) is 6.92 Å². The molecular formula is C10H14N2O3. The molecule has 0 bridgehead atoms. The lowest BCUT2D eigenvalue weighted by Gasteiger charge is -2.30. The molecule has 0 aromatic heterocycles. The first kappa shape index (κ1) is 10.3. The molecule has 0 aromatic carbocycles. The van der Waals surface area contributed by atoms with Gasteiger partial charge >= 0.3 is 0 Å². The summed E-state index contributed by atoms with van der Waals surface area (Å²) in [6.07, 6.45) is 0.534. The molecule has 2 fully saturated rings. The van der Waals surface area contributed by atoms with Crippen LogP contribution in [0.4, 0.5) is 0 Å². The van der Waals surface area contributed by atoms with Crippen molar-refractivity contribution < 1.29 is 14.4 Å². The molecule has 1 aliphatic carbocycles. The number of amides is 2. The molecule has 1 unspecified atom stereocenters. The lowest BCUT2D eigenvalue weighted by molar-refractivity contribution is -0.139. The molecule has 15 heavy (non-hydrogen) atoms. The Balaban J connectivity index is 2.37. The summed E-state index contributed by atoms with van der Waals surface area (Å²) in [5.74, 6) is -2.21. The molecule has 0 radical (unpaired) electrons. The fraction of sp³-hybridized carbons (Fsp3) is 0.700. The highest BCUT2D eigenvalue weighted by atomic mass is 16.2. The quantitative estimate of drug-likeness (QED) is 0.417. The number of imide groups is 1. The van der Waals surface area contributed by atoms with Gasteiger partial charge in [0, 0.05) is 7.05 Å². The van der Waals surface area contributed by atoms with Crippen LogP contribution in [0.5, 0.6) is 0 Å². The smallest absolute Gasteiger partial charge is 0.240 e. The molecule has 4 atom stereocenters. The van der Waals surface area contributed by atoms with E-state index in [2.05, 4.69) is 0 Å². The second-order valence-corrected chi connectivity index (χ2v) is 4.46. The van der Waals surface area contributed by atoms with Crippen molar-refractivity contribution in [1.82, 2.24) is 4.90 Å². The number of likely N-dealkylation sites (tertiary alicyclic amines) is 1. The summed E-state index contributed by atoms with van der Waals surface area (Å²) in [6, 6.07) is -0.602. The fourth-order valence-corrected chi connectivity index (χ4v) is 2.47. The van der Waals surface area contributed by atoms with E-state index in [0.717, 1.165) is 4.90 Å². The lowest BCUT2D eigenvalue weighted by atomic mass is 9.72. The Hall–Kier alpha value is -1.23. The van der Waals surface area contributed by atoms with Crippen LogP contribution < -0.4 is 5.73 Å². The van der Waals surface area contributed by atoms with Gasteiger partial charge in [-0.25, -0.2) is 0 Å². The number of carbonyl (C=O) groups excluding carboxylic acids is 3. The third-order valence-electron chi connectivity index (χ3n) is 3.52. The molecule has 2 amide bonds. The van der Waals surface area contributed by atoms with E-state index in [1.54, 1.807) is 0 Å².